The van der Waals surface area contributed by atoms with Gasteiger partial charge in [-0.15, -0.1) is 0 Å². The maximum atomic E-state index is 12.2. The number of nitrogens with two attached hydrogens (primary N) is 1. The largest absolute Gasteiger partial charge is 0.382 e. The van der Waals surface area contributed by atoms with Gasteiger partial charge in [-0.1, -0.05) is 0 Å². The van der Waals surface area contributed by atoms with E-state index in [2.05, 4.69) is 21.9 Å². The first-order valence-corrected chi connectivity index (χ1v) is 5.72. The van der Waals surface area contributed by atoms with E-state index < -0.39 is 0 Å². The first-order valence-electron chi connectivity index (χ1n) is 5.72. The predicted molar refractivity (Wildman–Crippen MR) is 64.5 cm³/mol. The molecule has 6 nitrogen and oxygen atoms in total. The Morgan fingerprint density at radius 2 is 2.12 bits per heavy atom. The van der Waals surface area contributed by atoms with Crippen molar-refractivity contribution < 1.29 is 4.79 Å². The molecule has 1 aliphatic rings. The van der Waals surface area contributed by atoms with E-state index in [1.165, 1.54) is 12.4 Å². The molecule has 2 rings (SSSR count). The van der Waals surface area contributed by atoms with Gasteiger partial charge in [0.05, 0.1) is 12.4 Å². The number of carbonyl (C=O) groups is 1. The number of likely N-dealkylation sites (N-methyl/N-ethyl adjacent to an activating group) is 1. The van der Waals surface area contributed by atoms with Gasteiger partial charge in [-0.2, -0.15) is 0 Å². The van der Waals surface area contributed by atoms with Crippen LogP contribution in [0.5, 0.6) is 0 Å². The zero-order chi connectivity index (χ0) is 12.3. The number of nitrogen functional groups attached to an aromatic ring is 1. The Morgan fingerprint density at radius 1 is 1.29 bits per heavy atom. The summed E-state index contributed by atoms with van der Waals surface area (Å²) in [6, 6.07) is 0. The number of carbonyl (C=O) groups excluding carboxylic acids is 1. The molecule has 0 bridgehead atoms. The Bertz CT molecular complexity index is 409. The van der Waals surface area contributed by atoms with E-state index in [0.29, 0.717) is 5.69 Å². The van der Waals surface area contributed by atoms with Gasteiger partial charge in [0.25, 0.3) is 5.91 Å². The van der Waals surface area contributed by atoms with E-state index in [-0.39, 0.29) is 11.7 Å². The lowest BCUT2D eigenvalue weighted by atomic mass is 10.3. The molecule has 0 saturated carbocycles. The van der Waals surface area contributed by atoms with Crippen LogP contribution >= 0.6 is 0 Å². The molecule has 92 valence electrons. The average Bonchev–Trinajstić information content (AvgIpc) is 2.53. The van der Waals surface area contributed by atoms with Crippen LogP contribution in [0.2, 0.25) is 0 Å². The van der Waals surface area contributed by atoms with Crippen molar-refractivity contribution in [3.05, 3.63) is 18.1 Å². The summed E-state index contributed by atoms with van der Waals surface area (Å²) in [7, 11) is 2.06. The van der Waals surface area contributed by atoms with E-state index in [0.717, 1.165) is 32.6 Å². The highest BCUT2D eigenvalue weighted by atomic mass is 16.2. The fourth-order valence-electron chi connectivity index (χ4n) is 1.90. The fraction of sp³-hybridized carbons (Fsp3) is 0.545. The summed E-state index contributed by atoms with van der Waals surface area (Å²) >= 11 is 0. The minimum atomic E-state index is -0.0832. The van der Waals surface area contributed by atoms with E-state index in [1.54, 1.807) is 0 Å². The van der Waals surface area contributed by atoms with Crippen LogP contribution < -0.4 is 5.73 Å². The van der Waals surface area contributed by atoms with Crippen LogP contribution in [0.4, 0.5) is 5.82 Å². The molecule has 1 aromatic rings. The number of anilines is 1. The molecule has 2 N–H and O–H groups in total. The summed E-state index contributed by atoms with van der Waals surface area (Å²) in [6.45, 7) is 3.40. The first kappa shape index (κ1) is 11.8. The quantitative estimate of drug-likeness (QED) is 0.732. The van der Waals surface area contributed by atoms with Crippen molar-refractivity contribution in [1.29, 1.82) is 0 Å². The lowest BCUT2D eigenvalue weighted by Gasteiger charge is -2.19. The Kier molecular flexibility index (Phi) is 3.53. The molecule has 1 aliphatic heterocycles. The summed E-state index contributed by atoms with van der Waals surface area (Å²) in [5, 5.41) is 0. The molecular weight excluding hydrogens is 218 g/mol. The number of hydrogen-bond acceptors (Lipinski definition) is 5. The van der Waals surface area contributed by atoms with Gasteiger partial charge in [-0.05, 0) is 20.0 Å². The van der Waals surface area contributed by atoms with Crippen LogP contribution in [-0.4, -0.2) is 58.9 Å². The molecule has 17 heavy (non-hydrogen) atoms. The van der Waals surface area contributed by atoms with Gasteiger partial charge in [-0.3, -0.25) is 9.78 Å². The van der Waals surface area contributed by atoms with Crippen molar-refractivity contribution in [2.45, 2.75) is 6.42 Å². The highest BCUT2D eigenvalue weighted by Crippen LogP contribution is 2.07. The molecule has 6 heteroatoms. The van der Waals surface area contributed by atoms with Gasteiger partial charge in [0, 0.05) is 19.6 Å². The van der Waals surface area contributed by atoms with Gasteiger partial charge < -0.3 is 15.5 Å². The van der Waals surface area contributed by atoms with Gasteiger partial charge >= 0.3 is 0 Å². The lowest BCUT2D eigenvalue weighted by Crippen LogP contribution is -2.35. The third kappa shape index (κ3) is 2.91. The second-order valence-electron chi connectivity index (χ2n) is 4.28. The molecule has 0 aromatic carbocycles. The Morgan fingerprint density at radius 3 is 2.88 bits per heavy atom. The summed E-state index contributed by atoms with van der Waals surface area (Å²) in [4.78, 5) is 24.1. The van der Waals surface area contributed by atoms with Crippen molar-refractivity contribution in [1.82, 2.24) is 19.8 Å². The summed E-state index contributed by atoms with van der Waals surface area (Å²) < 4.78 is 0. The Balaban J connectivity index is 2.09. The van der Waals surface area contributed by atoms with E-state index in [4.69, 9.17) is 5.73 Å². The number of nitrogens with zero attached hydrogens (tertiary/aromatic N) is 4. The van der Waals surface area contributed by atoms with E-state index in [1.807, 2.05) is 4.90 Å². The average molecular weight is 235 g/mol. The highest BCUT2D eigenvalue weighted by molar-refractivity contribution is 5.92. The molecule has 2 heterocycles. The molecule has 1 fully saturated rings. The standard InChI is InChI=1S/C11H17N5O/c1-15-3-2-4-16(6-5-15)11(17)9-7-13-8-10(12)14-9/h7-8H,2-6H2,1H3,(H2,12,14). The van der Waals surface area contributed by atoms with Crippen LogP contribution in [0, 0.1) is 0 Å². The maximum absolute atomic E-state index is 12.2. The zero-order valence-corrected chi connectivity index (χ0v) is 9.96. The molecule has 1 amide bonds. The monoisotopic (exact) mass is 235 g/mol. The van der Waals surface area contributed by atoms with Crippen molar-refractivity contribution in [3.63, 3.8) is 0 Å². The highest BCUT2D eigenvalue weighted by Gasteiger charge is 2.20. The fourth-order valence-corrected chi connectivity index (χ4v) is 1.90. The smallest absolute Gasteiger partial charge is 0.274 e. The van der Waals surface area contributed by atoms with Crippen molar-refractivity contribution >= 4 is 11.7 Å². The predicted octanol–water partition coefficient (Wildman–Crippen LogP) is -0.163. The van der Waals surface area contributed by atoms with E-state index in [9.17, 15) is 4.79 Å². The third-order valence-corrected chi connectivity index (χ3v) is 2.88. The van der Waals surface area contributed by atoms with Crippen LogP contribution in [0.3, 0.4) is 0 Å². The van der Waals surface area contributed by atoms with Crippen molar-refractivity contribution in [2.75, 3.05) is 39.0 Å². The van der Waals surface area contributed by atoms with Crippen molar-refractivity contribution in [3.8, 4) is 0 Å². The molecule has 0 atom stereocenters. The lowest BCUT2D eigenvalue weighted by molar-refractivity contribution is 0.0756. The maximum Gasteiger partial charge on any atom is 0.274 e. The van der Waals surface area contributed by atoms with Gasteiger partial charge in [-0.25, -0.2) is 4.98 Å². The Labute approximate surface area is 100 Å². The van der Waals surface area contributed by atoms with Crippen LogP contribution in [0.15, 0.2) is 12.4 Å². The molecule has 0 aliphatic carbocycles. The van der Waals surface area contributed by atoms with Crippen molar-refractivity contribution in [2.24, 2.45) is 0 Å². The number of hydrogen-bond donors (Lipinski definition) is 1. The third-order valence-electron chi connectivity index (χ3n) is 2.88. The van der Waals surface area contributed by atoms with Crippen LogP contribution in [0.25, 0.3) is 0 Å². The van der Waals surface area contributed by atoms with Crippen LogP contribution in [-0.2, 0) is 0 Å². The normalized spacial score (nSPS) is 17.8. The van der Waals surface area contributed by atoms with Crippen LogP contribution in [0.1, 0.15) is 16.9 Å². The number of aromatic nitrogens is 2. The zero-order valence-electron chi connectivity index (χ0n) is 9.96. The minimum Gasteiger partial charge on any atom is -0.382 e. The SMILES string of the molecule is CN1CCCN(C(=O)c2cncc(N)n2)CC1. The summed E-state index contributed by atoms with van der Waals surface area (Å²) in [6.07, 6.45) is 3.89. The molecule has 1 saturated heterocycles. The topological polar surface area (TPSA) is 75.3 Å². The molecule has 0 radical (unpaired) electrons. The number of rotatable bonds is 1. The molecule has 1 aromatic heterocycles. The van der Waals surface area contributed by atoms with E-state index >= 15 is 0 Å². The number of amides is 1. The summed E-state index contributed by atoms with van der Waals surface area (Å²) in [5.41, 5.74) is 5.85. The Hall–Kier alpha value is -1.69. The second-order valence-corrected chi connectivity index (χ2v) is 4.28. The molecule has 0 spiro atoms. The second kappa shape index (κ2) is 5.09. The van der Waals surface area contributed by atoms with Gasteiger partial charge in [0.1, 0.15) is 11.5 Å². The summed E-state index contributed by atoms with van der Waals surface area (Å²) in [5.74, 6) is 0.197. The van der Waals surface area contributed by atoms with Gasteiger partial charge in [0.2, 0.25) is 0 Å². The van der Waals surface area contributed by atoms with Gasteiger partial charge in [0.15, 0.2) is 0 Å². The minimum absolute atomic E-state index is 0.0832. The molecular formula is C11H17N5O. The molecule has 0 unspecified atom stereocenters. The first-order chi connectivity index (χ1) is 8.16.